The molecule has 6 heteroatoms. The Morgan fingerprint density at radius 2 is 2.10 bits per heavy atom. The Kier molecular flexibility index (Phi) is 3.35. The Morgan fingerprint density at radius 3 is 2.81 bits per heavy atom. The van der Waals surface area contributed by atoms with E-state index in [4.69, 9.17) is 20.8 Å². The Hall–Kier alpha value is -2.40. The lowest BCUT2D eigenvalue weighted by molar-refractivity contribution is 0.101. The number of fused-ring (bicyclic) bond motifs is 1. The SMILES string of the molecule is COc1cc(Cl)cc2cc(C(=O)c3cncc(F)c3)oc12. The number of hydrogen-bond acceptors (Lipinski definition) is 4. The maximum atomic E-state index is 13.1. The molecule has 0 unspecified atom stereocenters. The largest absolute Gasteiger partial charge is 0.493 e. The van der Waals surface area contributed by atoms with Gasteiger partial charge in [0.15, 0.2) is 17.1 Å². The van der Waals surface area contributed by atoms with Gasteiger partial charge in [0.25, 0.3) is 0 Å². The van der Waals surface area contributed by atoms with E-state index in [1.807, 2.05) is 0 Å². The quantitative estimate of drug-likeness (QED) is 0.689. The zero-order valence-corrected chi connectivity index (χ0v) is 11.6. The molecule has 0 aliphatic heterocycles. The second-order valence-electron chi connectivity index (χ2n) is 4.36. The molecule has 0 N–H and O–H groups in total. The minimum atomic E-state index is -0.586. The number of ketones is 1. The van der Waals surface area contributed by atoms with Gasteiger partial charge < -0.3 is 9.15 Å². The van der Waals surface area contributed by atoms with Crippen LogP contribution >= 0.6 is 11.6 Å². The molecule has 0 radical (unpaired) electrons. The smallest absolute Gasteiger partial charge is 0.229 e. The van der Waals surface area contributed by atoms with Crippen molar-refractivity contribution in [3.8, 4) is 5.75 Å². The summed E-state index contributed by atoms with van der Waals surface area (Å²) >= 11 is 5.96. The van der Waals surface area contributed by atoms with Gasteiger partial charge in [0, 0.05) is 28.2 Å². The van der Waals surface area contributed by atoms with Crippen molar-refractivity contribution in [1.82, 2.24) is 4.98 Å². The van der Waals surface area contributed by atoms with Crippen molar-refractivity contribution >= 4 is 28.4 Å². The molecule has 2 aromatic heterocycles. The predicted molar refractivity (Wildman–Crippen MR) is 75.4 cm³/mol. The lowest BCUT2D eigenvalue weighted by atomic mass is 10.1. The van der Waals surface area contributed by atoms with Crippen molar-refractivity contribution in [2.45, 2.75) is 0 Å². The van der Waals surface area contributed by atoms with Gasteiger partial charge in [-0.25, -0.2) is 4.39 Å². The van der Waals surface area contributed by atoms with Crippen LogP contribution in [-0.4, -0.2) is 17.9 Å². The maximum absolute atomic E-state index is 13.1. The minimum Gasteiger partial charge on any atom is -0.493 e. The first kappa shape index (κ1) is 13.6. The van der Waals surface area contributed by atoms with E-state index in [0.717, 1.165) is 12.3 Å². The van der Waals surface area contributed by atoms with Gasteiger partial charge in [-0.3, -0.25) is 9.78 Å². The van der Waals surface area contributed by atoms with E-state index in [0.29, 0.717) is 21.7 Å². The fourth-order valence-corrected chi connectivity index (χ4v) is 2.24. The topological polar surface area (TPSA) is 52.3 Å². The van der Waals surface area contributed by atoms with E-state index in [9.17, 15) is 9.18 Å². The van der Waals surface area contributed by atoms with Crippen LogP contribution in [0, 0.1) is 5.82 Å². The number of benzene rings is 1. The van der Waals surface area contributed by atoms with E-state index >= 15 is 0 Å². The molecule has 0 spiro atoms. The van der Waals surface area contributed by atoms with E-state index in [1.54, 1.807) is 12.1 Å². The summed E-state index contributed by atoms with van der Waals surface area (Å²) in [6.45, 7) is 0. The average molecular weight is 306 g/mol. The van der Waals surface area contributed by atoms with Crippen molar-refractivity contribution in [3.63, 3.8) is 0 Å². The average Bonchev–Trinajstić information content (AvgIpc) is 2.89. The highest BCUT2D eigenvalue weighted by Crippen LogP contribution is 2.32. The van der Waals surface area contributed by atoms with Gasteiger partial charge in [-0.15, -0.1) is 0 Å². The van der Waals surface area contributed by atoms with Crippen LogP contribution in [0.3, 0.4) is 0 Å². The molecule has 3 rings (SSSR count). The van der Waals surface area contributed by atoms with Crippen LogP contribution in [0.2, 0.25) is 5.02 Å². The molecule has 3 aromatic rings. The van der Waals surface area contributed by atoms with Gasteiger partial charge in [-0.2, -0.15) is 0 Å². The number of halogens is 2. The number of carbonyl (C=O) groups excluding carboxylic acids is 1. The monoisotopic (exact) mass is 305 g/mol. The van der Waals surface area contributed by atoms with Crippen LogP contribution in [0.25, 0.3) is 11.0 Å². The molecule has 4 nitrogen and oxygen atoms in total. The lowest BCUT2D eigenvalue weighted by Gasteiger charge is -2.00. The second kappa shape index (κ2) is 5.18. The normalized spacial score (nSPS) is 10.8. The van der Waals surface area contributed by atoms with Gasteiger partial charge in [-0.1, -0.05) is 11.6 Å². The summed E-state index contributed by atoms with van der Waals surface area (Å²) in [4.78, 5) is 15.9. The predicted octanol–water partition coefficient (Wildman–Crippen LogP) is 3.86. The number of methoxy groups -OCH3 is 1. The van der Waals surface area contributed by atoms with Crippen LogP contribution in [0.1, 0.15) is 16.1 Å². The van der Waals surface area contributed by atoms with Gasteiger partial charge in [-0.05, 0) is 18.2 Å². The molecule has 0 saturated carbocycles. The Morgan fingerprint density at radius 1 is 1.29 bits per heavy atom. The van der Waals surface area contributed by atoms with Crippen LogP contribution in [-0.2, 0) is 0 Å². The van der Waals surface area contributed by atoms with E-state index in [1.165, 1.54) is 19.4 Å². The van der Waals surface area contributed by atoms with Gasteiger partial charge >= 0.3 is 0 Å². The maximum Gasteiger partial charge on any atom is 0.229 e. The third kappa shape index (κ3) is 2.48. The molecule has 21 heavy (non-hydrogen) atoms. The fourth-order valence-electron chi connectivity index (χ4n) is 2.03. The summed E-state index contributed by atoms with van der Waals surface area (Å²) in [6, 6.07) is 5.89. The summed E-state index contributed by atoms with van der Waals surface area (Å²) < 4.78 is 23.8. The number of rotatable bonds is 3. The molecule has 0 saturated heterocycles. The molecular formula is C15H9ClFNO3. The van der Waals surface area contributed by atoms with Crippen molar-refractivity contribution < 1.29 is 18.3 Å². The van der Waals surface area contributed by atoms with E-state index in [-0.39, 0.29) is 11.3 Å². The summed E-state index contributed by atoms with van der Waals surface area (Å²) in [5, 5.41) is 1.10. The summed E-state index contributed by atoms with van der Waals surface area (Å²) in [7, 11) is 1.48. The molecule has 0 amide bonds. The number of pyridine rings is 1. The minimum absolute atomic E-state index is 0.0676. The van der Waals surface area contributed by atoms with Crippen molar-refractivity contribution in [1.29, 1.82) is 0 Å². The van der Waals surface area contributed by atoms with E-state index < -0.39 is 11.6 Å². The summed E-state index contributed by atoms with van der Waals surface area (Å²) in [5.74, 6) is -0.555. The molecule has 0 aliphatic rings. The molecule has 0 bridgehead atoms. The molecule has 2 heterocycles. The van der Waals surface area contributed by atoms with Crippen LogP contribution in [0.4, 0.5) is 4.39 Å². The Bertz CT molecular complexity index is 844. The number of carbonyl (C=O) groups is 1. The van der Waals surface area contributed by atoms with Crippen LogP contribution in [0.15, 0.2) is 41.1 Å². The highest BCUT2D eigenvalue weighted by molar-refractivity contribution is 6.31. The molecular weight excluding hydrogens is 297 g/mol. The van der Waals surface area contributed by atoms with Crippen LogP contribution in [0.5, 0.6) is 5.75 Å². The number of nitrogens with zero attached hydrogens (tertiary/aromatic N) is 1. The van der Waals surface area contributed by atoms with Crippen molar-refractivity contribution in [3.05, 3.63) is 58.8 Å². The zero-order valence-electron chi connectivity index (χ0n) is 10.9. The summed E-state index contributed by atoms with van der Waals surface area (Å²) in [5.41, 5.74) is 0.522. The standard InChI is InChI=1S/C15H9ClFNO3/c1-20-13-5-10(16)2-8-4-12(21-15(8)13)14(19)9-3-11(17)7-18-6-9/h2-7H,1H3. The van der Waals surface area contributed by atoms with Crippen molar-refractivity contribution in [2.24, 2.45) is 0 Å². The molecule has 106 valence electrons. The number of ether oxygens (including phenoxy) is 1. The van der Waals surface area contributed by atoms with Crippen molar-refractivity contribution in [2.75, 3.05) is 7.11 Å². The van der Waals surface area contributed by atoms with Gasteiger partial charge in [0.05, 0.1) is 13.3 Å². The molecule has 0 fully saturated rings. The Balaban J connectivity index is 2.11. The number of furan rings is 1. The van der Waals surface area contributed by atoms with Gasteiger partial charge in [0.2, 0.25) is 5.78 Å². The fraction of sp³-hybridized carbons (Fsp3) is 0.0667. The first-order valence-corrected chi connectivity index (χ1v) is 6.38. The number of aromatic nitrogens is 1. The zero-order chi connectivity index (χ0) is 15.0. The second-order valence-corrected chi connectivity index (χ2v) is 4.79. The molecule has 0 aliphatic carbocycles. The molecule has 1 aromatic carbocycles. The summed E-state index contributed by atoms with van der Waals surface area (Å²) in [6.07, 6.45) is 2.31. The van der Waals surface area contributed by atoms with Gasteiger partial charge in [0.1, 0.15) is 5.82 Å². The highest BCUT2D eigenvalue weighted by atomic mass is 35.5. The van der Waals surface area contributed by atoms with E-state index in [2.05, 4.69) is 4.98 Å². The highest BCUT2D eigenvalue weighted by Gasteiger charge is 2.18. The third-order valence-corrected chi connectivity index (χ3v) is 3.18. The number of hydrogen-bond donors (Lipinski definition) is 0. The molecule has 0 atom stereocenters. The lowest BCUT2D eigenvalue weighted by Crippen LogP contribution is -2.00. The Labute approximate surface area is 124 Å². The first-order valence-electron chi connectivity index (χ1n) is 6.01. The first-order chi connectivity index (χ1) is 10.1. The van der Waals surface area contributed by atoms with Crippen LogP contribution < -0.4 is 4.74 Å². The third-order valence-electron chi connectivity index (χ3n) is 2.96.